The Bertz CT molecular complexity index is 575. The minimum atomic E-state index is 0.0966. The SMILES string of the molecule is CC(N)Cc1cncc(Oc2ccc(Cl)cc2Br)c1. The molecule has 3 nitrogen and oxygen atoms in total. The van der Waals surface area contributed by atoms with Crippen LogP contribution in [0.25, 0.3) is 0 Å². The van der Waals surface area contributed by atoms with Crippen LogP contribution in [0.2, 0.25) is 5.02 Å². The van der Waals surface area contributed by atoms with Crippen LogP contribution < -0.4 is 10.5 Å². The molecule has 0 radical (unpaired) electrons. The van der Waals surface area contributed by atoms with Gasteiger partial charge in [0.15, 0.2) is 0 Å². The van der Waals surface area contributed by atoms with E-state index in [1.807, 2.05) is 19.1 Å². The van der Waals surface area contributed by atoms with Gasteiger partial charge in [0.1, 0.15) is 11.5 Å². The van der Waals surface area contributed by atoms with Gasteiger partial charge < -0.3 is 10.5 Å². The Hall–Kier alpha value is -1.10. The lowest BCUT2D eigenvalue weighted by atomic mass is 10.1. The molecule has 5 heteroatoms. The molecule has 0 fully saturated rings. The first-order valence-electron chi connectivity index (χ1n) is 5.87. The van der Waals surface area contributed by atoms with Crippen molar-refractivity contribution in [3.05, 3.63) is 51.7 Å². The highest BCUT2D eigenvalue weighted by atomic mass is 79.9. The summed E-state index contributed by atoms with van der Waals surface area (Å²) in [6.07, 6.45) is 4.24. The fraction of sp³-hybridized carbons (Fsp3) is 0.214. The highest BCUT2D eigenvalue weighted by Crippen LogP contribution is 2.31. The van der Waals surface area contributed by atoms with E-state index in [0.29, 0.717) is 16.5 Å². The highest BCUT2D eigenvalue weighted by molar-refractivity contribution is 9.10. The van der Waals surface area contributed by atoms with E-state index in [-0.39, 0.29) is 6.04 Å². The summed E-state index contributed by atoms with van der Waals surface area (Å²) in [5.41, 5.74) is 6.83. The van der Waals surface area contributed by atoms with Gasteiger partial charge in [0, 0.05) is 17.3 Å². The zero-order chi connectivity index (χ0) is 13.8. The number of rotatable bonds is 4. The van der Waals surface area contributed by atoms with Gasteiger partial charge in [0.05, 0.1) is 10.7 Å². The van der Waals surface area contributed by atoms with Crippen LogP contribution >= 0.6 is 27.5 Å². The summed E-state index contributed by atoms with van der Waals surface area (Å²) in [5.74, 6) is 1.38. The number of pyridine rings is 1. The van der Waals surface area contributed by atoms with Crippen molar-refractivity contribution in [1.29, 1.82) is 0 Å². The van der Waals surface area contributed by atoms with Crippen molar-refractivity contribution in [2.75, 3.05) is 0 Å². The molecule has 1 atom stereocenters. The summed E-state index contributed by atoms with van der Waals surface area (Å²) in [5, 5.41) is 0.656. The minimum Gasteiger partial charge on any atom is -0.455 e. The normalized spacial score (nSPS) is 12.2. The molecule has 2 N–H and O–H groups in total. The van der Waals surface area contributed by atoms with Crippen molar-refractivity contribution >= 4 is 27.5 Å². The van der Waals surface area contributed by atoms with E-state index in [0.717, 1.165) is 16.5 Å². The standard InChI is InChI=1S/C14H14BrClN2O/c1-9(17)4-10-5-12(8-18-7-10)19-14-3-2-11(16)6-13(14)15/h2-3,5-9H,4,17H2,1H3. The van der Waals surface area contributed by atoms with E-state index in [9.17, 15) is 0 Å². The zero-order valence-electron chi connectivity index (χ0n) is 10.4. The number of benzene rings is 1. The summed E-state index contributed by atoms with van der Waals surface area (Å²) >= 11 is 9.30. The average molecular weight is 342 g/mol. The summed E-state index contributed by atoms with van der Waals surface area (Å²) in [6, 6.07) is 7.42. The van der Waals surface area contributed by atoms with Crippen molar-refractivity contribution in [1.82, 2.24) is 4.98 Å². The first-order chi connectivity index (χ1) is 9.04. The van der Waals surface area contributed by atoms with E-state index in [4.69, 9.17) is 22.1 Å². The third kappa shape index (κ3) is 4.20. The largest absolute Gasteiger partial charge is 0.455 e. The van der Waals surface area contributed by atoms with E-state index in [1.54, 1.807) is 24.5 Å². The molecule has 1 unspecified atom stereocenters. The van der Waals surface area contributed by atoms with Gasteiger partial charge in [-0.05, 0) is 59.1 Å². The molecule has 0 bridgehead atoms. The first kappa shape index (κ1) is 14.3. The summed E-state index contributed by atoms with van der Waals surface area (Å²) in [4.78, 5) is 4.16. The van der Waals surface area contributed by atoms with Crippen molar-refractivity contribution in [2.24, 2.45) is 5.73 Å². The number of nitrogens with two attached hydrogens (primary N) is 1. The maximum atomic E-state index is 5.89. The molecular formula is C14H14BrClN2O. The van der Waals surface area contributed by atoms with Crippen LogP contribution in [0.3, 0.4) is 0 Å². The molecule has 100 valence electrons. The number of nitrogens with zero attached hydrogens (tertiary/aromatic N) is 1. The molecule has 1 heterocycles. The maximum Gasteiger partial charge on any atom is 0.146 e. The van der Waals surface area contributed by atoms with Crippen molar-refractivity contribution in [2.45, 2.75) is 19.4 Å². The van der Waals surface area contributed by atoms with Gasteiger partial charge >= 0.3 is 0 Å². The quantitative estimate of drug-likeness (QED) is 0.907. The molecule has 1 aromatic carbocycles. The second kappa shape index (κ2) is 6.37. The predicted octanol–water partition coefficient (Wildman–Crippen LogP) is 4.18. The molecule has 0 amide bonds. The average Bonchev–Trinajstić information content (AvgIpc) is 2.32. The van der Waals surface area contributed by atoms with Gasteiger partial charge in [-0.2, -0.15) is 0 Å². The Morgan fingerprint density at radius 1 is 1.37 bits per heavy atom. The van der Waals surface area contributed by atoms with Gasteiger partial charge in [0.25, 0.3) is 0 Å². The van der Waals surface area contributed by atoms with Gasteiger partial charge in [-0.1, -0.05) is 11.6 Å². The van der Waals surface area contributed by atoms with Crippen LogP contribution in [0.5, 0.6) is 11.5 Å². The molecule has 0 aliphatic rings. The lowest BCUT2D eigenvalue weighted by Gasteiger charge is -2.10. The molecule has 1 aromatic heterocycles. The van der Waals surface area contributed by atoms with Gasteiger partial charge in [-0.25, -0.2) is 0 Å². The molecule has 2 rings (SSSR count). The Labute approximate surface area is 125 Å². The lowest BCUT2D eigenvalue weighted by molar-refractivity contribution is 0.476. The monoisotopic (exact) mass is 340 g/mol. The summed E-state index contributed by atoms with van der Waals surface area (Å²) < 4.78 is 6.58. The number of halogens is 2. The molecule has 0 saturated carbocycles. The van der Waals surface area contributed by atoms with Crippen molar-refractivity contribution < 1.29 is 4.74 Å². The molecule has 19 heavy (non-hydrogen) atoms. The third-order valence-corrected chi connectivity index (χ3v) is 3.30. The zero-order valence-corrected chi connectivity index (χ0v) is 12.8. The number of ether oxygens (including phenoxy) is 1. The topological polar surface area (TPSA) is 48.1 Å². The molecule has 0 aliphatic carbocycles. The maximum absolute atomic E-state index is 5.89. The van der Waals surface area contributed by atoms with E-state index >= 15 is 0 Å². The molecule has 0 aliphatic heterocycles. The fourth-order valence-electron chi connectivity index (χ4n) is 1.69. The molecule has 0 spiro atoms. The van der Waals surface area contributed by atoms with Crippen LogP contribution in [0.1, 0.15) is 12.5 Å². The number of hydrogen-bond acceptors (Lipinski definition) is 3. The van der Waals surface area contributed by atoms with Crippen LogP contribution in [-0.2, 0) is 6.42 Å². The molecule has 2 aromatic rings. The molecular weight excluding hydrogens is 328 g/mol. The predicted molar refractivity (Wildman–Crippen MR) is 80.8 cm³/mol. The molecule has 0 saturated heterocycles. The van der Waals surface area contributed by atoms with Gasteiger partial charge in [-0.3, -0.25) is 4.98 Å². The summed E-state index contributed by atoms with van der Waals surface area (Å²) in [6.45, 7) is 1.96. The van der Waals surface area contributed by atoms with Crippen LogP contribution in [0.4, 0.5) is 0 Å². The first-order valence-corrected chi connectivity index (χ1v) is 7.04. The van der Waals surface area contributed by atoms with Crippen LogP contribution in [0.15, 0.2) is 41.1 Å². The second-order valence-corrected chi connectivity index (χ2v) is 5.68. The van der Waals surface area contributed by atoms with E-state index in [2.05, 4.69) is 20.9 Å². The van der Waals surface area contributed by atoms with Crippen LogP contribution in [-0.4, -0.2) is 11.0 Å². The third-order valence-electron chi connectivity index (χ3n) is 2.45. The summed E-state index contributed by atoms with van der Waals surface area (Å²) in [7, 11) is 0. The highest BCUT2D eigenvalue weighted by Gasteiger charge is 2.05. The Morgan fingerprint density at radius 2 is 2.16 bits per heavy atom. The van der Waals surface area contributed by atoms with Crippen molar-refractivity contribution in [3.8, 4) is 11.5 Å². The Balaban J connectivity index is 2.18. The smallest absolute Gasteiger partial charge is 0.146 e. The van der Waals surface area contributed by atoms with E-state index in [1.165, 1.54) is 0 Å². The van der Waals surface area contributed by atoms with E-state index < -0.39 is 0 Å². The number of aromatic nitrogens is 1. The van der Waals surface area contributed by atoms with Gasteiger partial charge in [0.2, 0.25) is 0 Å². The fourth-order valence-corrected chi connectivity index (χ4v) is 2.45. The van der Waals surface area contributed by atoms with Crippen molar-refractivity contribution in [3.63, 3.8) is 0 Å². The minimum absolute atomic E-state index is 0.0966. The Kier molecular flexibility index (Phi) is 4.80. The number of hydrogen-bond donors (Lipinski definition) is 1. The Morgan fingerprint density at radius 3 is 2.84 bits per heavy atom. The van der Waals surface area contributed by atoms with Gasteiger partial charge in [-0.15, -0.1) is 0 Å². The lowest BCUT2D eigenvalue weighted by Crippen LogP contribution is -2.17. The second-order valence-electron chi connectivity index (χ2n) is 4.39. The van der Waals surface area contributed by atoms with Crippen LogP contribution in [0, 0.1) is 0 Å².